The SMILES string of the molecule is COCC(C[C]=O)Cc1ccccc1. The van der Waals surface area contributed by atoms with Crippen molar-refractivity contribution >= 4 is 6.29 Å². The Labute approximate surface area is 84.9 Å². The molecule has 1 atom stereocenters. The molecule has 0 saturated heterocycles. The van der Waals surface area contributed by atoms with Gasteiger partial charge in [-0.25, -0.2) is 0 Å². The molecule has 1 unspecified atom stereocenters. The maximum Gasteiger partial charge on any atom is 0.198 e. The van der Waals surface area contributed by atoms with Gasteiger partial charge in [-0.05, 0) is 17.9 Å². The Hall–Kier alpha value is -1.15. The number of methoxy groups -OCH3 is 1. The van der Waals surface area contributed by atoms with Gasteiger partial charge in [0.2, 0.25) is 0 Å². The lowest BCUT2D eigenvalue weighted by Gasteiger charge is -2.12. The van der Waals surface area contributed by atoms with Crippen molar-refractivity contribution < 1.29 is 9.53 Å². The maximum atomic E-state index is 10.3. The van der Waals surface area contributed by atoms with Crippen LogP contribution in [0.4, 0.5) is 0 Å². The summed E-state index contributed by atoms with van der Waals surface area (Å²) in [6.45, 7) is 0.615. The summed E-state index contributed by atoms with van der Waals surface area (Å²) in [6.07, 6.45) is 3.27. The third-order valence-corrected chi connectivity index (χ3v) is 2.14. The van der Waals surface area contributed by atoms with Gasteiger partial charge < -0.3 is 4.74 Å². The largest absolute Gasteiger partial charge is 0.384 e. The highest BCUT2D eigenvalue weighted by atomic mass is 16.5. The molecule has 0 N–H and O–H groups in total. The third kappa shape index (κ3) is 3.71. The van der Waals surface area contributed by atoms with Gasteiger partial charge in [0.25, 0.3) is 0 Å². The van der Waals surface area contributed by atoms with Gasteiger partial charge in [-0.3, -0.25) is 4.79 Å². The fourth-order valence-electron chi connectivity index (χ4n) is 1.49. The molecule has 0 saturated carbocycles. The van der Waals surface area contributed by atoms with Crippen LogP contribution in [0.3, 0.4) is 0 Å². The zero-order chi connectivity index (χ0) is 10.2. The molecule has 14 heavy (non-hydrogen) atoms. The van der Waals surface area contributed by atoms with E-state index in [1.54, 1.807) is 7.11 Å². The molecule has 75 valence electrons. The normalized spacial score (nSPS) is 12.4. The predicted molar refractivity (Wildman–Crippen MR) is 55.8 cm³/mol. The van der Waals surface area contributed by atoms with Crippen LogP contribution in [0.25, 0.3) is 0 Å². The lowest BCUT2D eigenvalue weighted by atomic mass is 9.98. The molecule has 0 heterocycles. The Morgan fingerprint density at radius 2 is 2.07 bits per heavy atom. The first kappa shape index (κ1) is 10.9. The van der Waals surface area contributed by atoms with E-state index < -0.39 is 0 Å². The van der Waals surface area contributed by atoms with E-state index in [1.165, 1.54) is 5.56 Å². The number of rotatable bonds is 6. The van der Waals surface area contributed by atoms with E-state index in [-0.39, 0.29) is 5.92 Å². The van der Waals surface area contributed by atoms with E-state index in [2.05, 4.69) is 12.1 Å². The van der Waals surface area contributed by atoms with Crippen LogP contribution in [-0.2, 0) is 16.0 Å². The molecule has 0 aromatic heterocycles. The minimum atomic E-state index is 0.250. The van der Waals surface area contributed by atoms with Crippen molar-refractivity contribution in [2.75, 3.05) is 13.7 Å². The molecule has 0 aliphatic carbocycles. The van der Waals surface area contributed by atoms with Gasteiger partial charge in [0.05, 0.1) is 0 Å². The zero-order valence-corrected chi connectivity index (χ0v) is 8.40. The van der Waals surface area contributed by atoms with Crippen LogP contribution >= 0.6 is 0 Å². The van der Waals surface area contributed by atoms with E-state index in [9.17, 15) is 4.79 Å². The van der Waals surface area contributed by atoms with Gasteiger partial charge >= 0.3 is 0 Å². The number of carbonyl (C=O) groups excluding carboxylic acids is 1. The fraction of sp³-hybridized carbons (Fsp3) is 0.417. The van der Waals surface area contributed by atoms with Gasteiger partial charge in [-0.2, -0.15) is 0 Å². The van der Waals surface area contributed by atoms with Crippen molar-refractivity contribution in [2.45, 2.75) is 12.8 Å². The van der Waals surface area contributed by atoms with Crippen LogP contribution in [-0.4, -0.2) is 20.0 Å². The molecule has 0 aliphatic heterocycles. The first-order valence-corrected chi connectivity index (χ1v) is 4.74. The molecule has 0 bridgehead atoms. The number of ether oxygens (including phenoxy) is 1. The maximum absolute atomic E-state index is 10.3. The van der Waals surface area contributed by atoms with Gasteiger partial charge in [-0.1, -0.05) is 30.3 Å². The van der Waals surface area contributed by atoms with Crippen LogP contribution in [0, 0.1) is 5.92 Å². The predicted octanol–water partition coefficient (Wildman–Crippen LogP) is 1.99. The average molecular weight is 191 g/mol. The highest BCUT2D eigenvalue weighted by Gasteiger charge is 2.08. The van der Waals surface area contributed by atoms with E-state index in [0.29, 0.717) is 13.0 Å². The molecule has 1 aromatic carbocycles. The molecule has 0 aliphatic rings. The zero-order valence-electron chi connectivity index (χ0n) is 8.40. The smallest absolute Gasteiger partial charge is 0.198 e. The quantitative estimate of drug-likeness (QED) is 0.687. The van der Waals surface area contributed by atoms with Crippen molar-refractivity contribution in [3.63, 3.8) is 0 Å². The minimum absolute atomic E-state index is 0.250. The van der Waals surface area contributed by atoms with Crippen LogP contribution in [0.2, 0.25) is 0 Å². The van der Waals surface area contributed by atoms with Gasteiger partial charge in [0.1, 0.15) is 0 Å². The second-order valence-electron chi connectivity index (χ2n) is 3.36. The van der Waals surface area contributed by atoms with Crippen LogP contribution < -0.4 is 0 Å². The molecular weight excluding hydrogens is 176 g/mol. The van der Waals surface area contributed by atoms with E-state index in [0.717, 1.165) is 6.42 Å². The number of hydrogen-bond donors (Lipinski definition) is 0. The molecule has 2 nitrogen and oxygen atoms in total. The van der Waals surface area contributed by atoms with E-state index in [4.69, 9.17) is 4.74 Å². The number of benzene rings is 1. The van der Waals surface area contributed by atoms with Crippen molar-refractivity contribution in [1.29, 1.82) is 0 Å². The molecule has 1 rings (SSSR count). The lowest BCUT2D eigenvalue weighted by Crippen LogP contribution is -2.11. The number of hydrogen-bond acceptors (Lipinski definition) is 2. The lowest BCUT2D eigenvalue weighted by molar-refractivity contribution is 0.154. The van der Waals surface area contributed by atoms with Gasteiger partial charge in [0.15, 0.2) is 6.29 Å². The Balaban J connectivity index is 2.50. The van der Waals surface area contributed by atoms with Gasteiger partial charge in [0, 0.05) is 20.1 Å². The first-order chi connectivity index (χ1) is 6.86. The molecule has 0 fully saturated rings. The van der Waals surface area contributed by atoms with Crippen LogP contribution in [0.15, 0.2) is 30.3 Å². The van der Waals surface area contributed by atoms with Crippen molar-refractivity contribution in [1.82, 2.24) is 0 Å². The van der Waals surface area contributed by atoms with Crippen molar-refractivity contribution in [3.05, 3.63) is 35.9 Å². The summed E-state index contributed by atoms with van der Waals surface area (Å²) in [5.41, 5.74) is 1.24. The second-order valence-corrected chi connectivity index (χ2v) is 3.36. The van der Waals surface area contributed by atoms with Crippen LogP contribution in [0.5, 0.6) is 0 Å². The Morgan fingerprint density at radius 1 is 1.36 bits per heavy atom. The van der Waals surface area contributed by atoms with Crippen LogP contribution in [0.1, 0.15) is 12.0 Å². The highest BCUT2D eigenvalue weighted by Crippen LogP contribution is 2.11. The first-order valence-electron chi connectivity index (χ1n) is 4.74. The standard InChI is InChI=1S/C12H15O2/c1-14-10-12(7-8-13)9-11-5-3-2-4-6-11/h2-6,12H,7,9-10H2,1H3. The minimum Gasteiger partial charge on any atom is -0.384 e. The molecule has 2 heteroatoms. The molecule has 1 aromatic rings. The second kappa shape index (κ2) is 6.33. The molecule has 0 amide bonds. The van der Waals surface area contributed by atoms with Gasteiger partial charge in [-0.15, -0.1) is 0 Å². The average Bonchev–Trinajstić information content (AvgIpc) is 2.20. The topological polar surface area (TPSA) is 26.3 Å². The Kier molecular flexibility index (Phi) is 4.94. The van der Waals surface area contributed by atoms with E-state index in [1.807, 2.05) is 24.5 Å². The highest BCUT2D eigenvalue weighted by molar-refractivity contribution is 5.50. The van der Waals surface area contributed by atoms with Crippen molar-refractivity contribution in [2.24, 2.45) is 5.92 Å². The third-order valence-electron chi connectivity index (χ3n) is 2.14. The molecule has 0 spiro atoms. The van der Waals surface area contributed by atoms with E-state index >= 15 is 0 Å². The fourth-order valence-corrected chi connectivity index (χ4v) is 1.49. The summed E-state index contributed by atoms with van der Waals surface area (Å²) < 4.78 is 5.05. The summed E-state index contributed by atoms with van der Waals surface area (Å²) in [7, 11) is 1.66. The summed E-state index contributed by atoms with van der Waals surface area (Å²) >= 11 is 0. The summed E-state index contributed by atoms with van der Waals surface area (Å²) in [5, 5.41) is 0. The summed E-state index contributed by atoms with van der Waals surface area (Å²) in [5.74, 6) is 0.250. The monoisotopic (exact) mass is 191 g/mol. The van der Waals surface area contributed by atoms with Crippen molar-refractivity contribution in [3.8, 4) is 0 Å². The summed E-state index contributed by atoms with van der Waals surface area (Å²) in [6, 6.07) is 10.1. The Morgan fingerprint density at radius 3 is 2.64 bits per heavy atom. The summed E-state index contributed by atoms with van der Waals surface area (Å²) in [4.78, 5) is 10.3. The molecule has 1 radical (unpaired) electrons. The molecular formula is C12H15O2. The Bertz CT molecular complexity index is 256.